The Balaban J connectivity index is 1.43. The van der Waals surface area contributed by atoms with Gasteiger partial charge in [0, 0.05) is 11.4 Å². The largest absolute Gasteiger partial charge is 0.291 e. The highest BCUT2D eigenvalue weighted by atomic mass is 32.2. The average Bonchev–Trinajstić information content (AvgIpc) is 3.27. The molecule has 0 atom stereocenters. The first-order valence-corrected chi connectivity index (χ1v) is 11.8. The van der Waals surface area contributed by atoms with Gasteiger partial charge in [-0.2, -0.15) is 9.61 Å². The molecule has 0 bridgehead atoms. The maximum atomic E-state index is 4.55. The SMILES string of the molecule is CCCCCCCCCCCCSc1nnc2nnc(-n3nc(C)cc3C)nn12. The van der Waals surface area contributed by atoms with Crippen LogP contribution in [0.3, 0.4) is 0 Å². The number of nitrogens with zero attached hydrogens (tertiary/aromatic N) is 8. The van der Waals surface area contributed by atoms with Crippen molar-refractivity contribution < 1.29 is 0 Å². The molecule has 0 unspecified atom stereocenters. The number of rotatable bonds is 13. The van der Waals surface area contributed by atoms with Gasteiger partial charge in [-0.1, -0.05) is 76.5 Å². The number of unbranched alkanes of at least 4 members (excludes halogenated alkanes) is 9. The molecule has 0 amide bonds. The molecule has 0 aliphatic carbocycles. The fourth-order valence-electron chi connectivity index (χ4n) is 3.37. The van der Waals surface area contributed by atoms with Crippen molar-refractivity contribution in [1.82, 2.24) is 39.8 Å². The molecule has 3 aromatic heterocycles. The van der Waals surface area contributed by atoms with Gasteiger partial charge in [0.1, 0.15) is 0 Å². The van der Waals surface area contributed by atoms with Crippen LogP contribution in [0.1, 0.15) is 82.5 Å². The van der Waals surface area contributed by atoms with Crippen LogP contribution < -0.4 is 0 Å². The van der Waals surface area contributed by atoms with E-state index in [9.17, 15) is 0 Å². The van der Waals surface area contributed by atoms with Crippen LogP contribution in [-0.4, -0.2) is 45.5 Å². The van der Waals surface area contributed by atoms with E-state index in [1.54, 1.807) is 21.0 Å². The molecule has 0 aliphatic rings. The van der Waals surface area contributed by atoms with Crippen LogP contribution in [0, 0.1) is 13.8 Å². The molecule has 3 rings (SSSR count). The summed E-state index contributed by atoms with van der Waals surface area (Å²) in [5.41, 5.74) is 1.89. The van der Waals surface area contributed by atoms with Gasteiger partial charge in [0.05, 0.1) is 5.69 Å². The second-order valence-electron chi connectivity index (χ2n) is 7.56. The Morgan fingerprint density at radius 1 is 0.793 bits per heavy atom. The van der Waals surface area contributed by atoms with Crippen LogP contribution in [0.5, 0.6) is 0 Å². The van der Waals surface area contributed by atoms with E-state index in [-0.39, 0.29) is 0 Å². The molecule has 0 spiro atoms. The number of aromatic nitrogens is 8. The summed E-state index contributed by atoms with van der Waals surface area (Å²) in [7, 11) is 0. The number of hydrogen-bond donors (Lipinski definition) is 0. The van der Waals surface area contributed by atoms with Crippen LogP contribution >= 0.6 is 11.8 Å². The van der Waals surface area contributed by atoms with Crippen molar-refractivity contribution in [3.8, 4) is 5.95 Å². The predicted molar refractivity (Wildman–Crippen MR) is 116 cm³/mol. The second-order valence-corrected chi connectivity index (χ2v) is 8.63. The molecule has 8 nitrogen and oxygen atoms in total. The standard InChI is InChI=1S/C20H32N8S/c1-4-5-6-7-8-9-10-11-12-13-14-29-20-24-22-18-21-23-19(26-28(18)20)27-17(3)15-16(2)25-27/h15H,4-14H2,1-3H3. The smallest absolute Gasteiger partial charge is 0.200 e. The monoisotopic (exact) mass is 416 g/mol. The van der Waals surface area contributed by atoms with Crippen LogP contribution in [0.15, 0.2) is 11.2 Å². The molecule has 0 saturated heterocycles. The number of hydrogen-bond acceptors (Lipinski definition) is 7. The van der Waals surface area contributed by atoms with Crippen LogP contribution in [0.25, 0.3) is 11.7 Å². The van der Waals surface area contributed by atoms with Crippen molar-refractivity contribution in [3.05, 3.63) is 17.5 Å². The van der Waals surface area contributed by atoms with E-state index in [1.165, 1.54) is 64.2 Å². The first-order chi connectivity index (χ1) is 14.2. The van der Waals surface area contributed by atoms with Gasteiger partial charge < -0.3 is 0 Å². The fourth-order valence-corrected chi connectivity index (χ4v) is 4.24. The Kier molecular flexibility index (Phi) is 8.39. The van der Waals surface area contributed by atoms with Gasteiger partial charge in [0.2, 0.25) is 5.16 Å². The van der Waals surface area contributed by atoms with E-state index < -0.39 is 0 Å². The van der Waals surface area contributed by atoms with E-state index in [0.29, 0.717) is 11.7 Å². The Morgan fingerprint density at radius 3 is 2.10 bits per heavy atom. The first kappa shape index (κ1) is 21.7. The maximum Gasteiger partial charge on any atom is 0.291 e. The van der Waals surface area contributed by atoms with E-state index in [2.05, 4.69) is 37.5 Å². The van der Waals surface area contributed by atoms with Gasteiger partial charge in [-0.25, -0.2) is 4.68 Å². The summed E-state index contributed by atoms with van der Waals surface area (Å²) in [4.78, 5) is 0. The lowest BCUT2D eigenvalue weighted by molar-refractivity contribution is 0.563. The topological polar surface area (TPSA) is 86.7 Å². The molecule has 0 N–H and O–H groups in total. The summed E-state index contributed by atoms with van der Waals surface area (Å²) in [5.74, 6) is 1.86. The van der Waals surface area contributed by atoms with Gasteiger partial charge in [0.15, 0.2) is 0 Å². The lowest BCUT2D eigenvalue weighted by Gasteiger charge is -2.03. The van der Waals surface area contributed by atoms with Crippen molar-refractivity contribution in [2.75, 3.05) is 5.75 Å². The van der Waals surface area contributed by atoms with Gasteiger partial charge >= 0.3 is 0 Å². The van der Waals surface area contributed by atoms with Crippen molar-refractivity contribution in [2.24, 2.45) is 0 Å². The highest BCUT2D eigenvalue weighted by Gasteiger charge is 2.13. The zero-order valence-electron chi connectivity index (χ0n) is 17.8. The van der Waals surface area contributed by atoms with Crippen molar-refractivity contribution >= 4 is 17.5 Å². The third kappa shape index (κ3) is 6.22. The molecule has 0 aromatic carbocycles. The van der Waals surface area contributed by atoms with Crippen molar-refractivity contribution in [3.63, 3.8) is 0 Å². The van der Waals surface area contributed by atoms with E-state index in [1.807, 2.05) is 19.9 Å². The van der Waals surface area contributed by atoms with Gasteiger partial charge in [-0.05, 0) is 26.3 Å². The second kappa shape index (κ2) is 11.2. The predicted octanol–water partition coefficient (Wildman–Crippen LogP) is 4.73. The van der Waals surface area contributed by atoms with Crippen LogP contribution in [0.2, 0.25) is 0 Å². The van der Waals surface area contributed by atoms with Gasteiger partial charge in [-0.15, -0.1) is 25.5 Å². The van der Waals surface area contributed by atoms with Crippen molar-refractivity contribution in [1.29, 1.82) is 0 Å². The molecule has 0 aliphatic heterocycles. The van der Waals surface area contributed by atoms with Crippen LogP contribution in [-0.2, 0) is 0 Å². The average molecular weight is 417 g/mol. The van der Waals surface area contributed by atoms with E-state index in [0.717, 1.165) is 22.3 Å². The fraction of sp³-hybridized carbons (Fsp3) is 0.700. The quantitative estimate of drug-likeness (QED) is 0.294. The lowest BCUT2D eigenvalue weighted by atomic mass is 10.1. The normalized spacial score (nSPS) is 11.6. The van der Waals surface area contributed by atoms with Gasteiger partial charge in [0.25, 0.3) is 11.7 Å². The zero-order chi connectivity index (χ0) is 20.5. The maximum absolute atomic E-state index is 4.55. The summed E-state index contributed by atoms with van der Waals surface area (Å²) in [5, 5.41) is 26.3. The summed E-state index contributed by atoms with van der Waals surface area (Å²) in [6.45, 7) is 6.19. The Morgan fingerprint density at radius 2 is 1.45 bits per heavy atom. The van der Waals surface area contributed by atoms with E-state index in [4.69, 9.17) is 0 Å². The Bertz CT molecular complexity index is 888. The molecule has 3 aromatic rings. The van der Waals surface area contributed by atoms with Crippen molar-refractivity contribution in [2.45, 2.75) is 90.1 Å². The zero-order valence-corrected chi connectivity index (χ0v) is 18.7. The van der Waals surface area contributed by atoms with E-state index >= 15 is 0 Å². The molecule has 3 heterocycles. The highest BCUT2D eigenvalue weighted by molar-refractivity contribution is 7.99. The summed E-state index contributed by atoms with van der Waals surface area (Å²) < 4.78 is 3.36. The number of thioether (sulfide) groups is 1. The summed E-state index contributed by atoms with van der Waals surface area (Å²) >= 11 is 1.68. The molecule has 0 fully saturated rings. The molecule has 9 heteroatoms. The molecule has 0 radical (unpaired) electrons. The molecule has 158 valence electrons. The molecule has 0 saturated carbocycles. The number of fused-ring (bicyclic) bond motifs is 1. The third-order valence-electron chi connectivity index (χ3n) is 4.94. The lowest BCUT2D eigenvalue weighted by Crippen LogP contribution is -2.10. The van der Waals surface area contributed by atoms with Gasteiger partial charge in [-0.3, -0.25) is 0 Å². The summed E-state index contributed by atoms with van der Waals surface area (Å²) in [6, 6.07) is 1.99. The first-order valence-electron chi connectivity index (χ1n) is 10.8. The molecular formula is C20H32N8S. The Hall–Kier alpha value is -2.03. The molecule has 29 heavy (non-hydrogen) atoms. The minimum atomic E-state index is 0.417. The third-order valence-corrected chi connectivity index (χ3v) is 5.95. The molecular weight excluding hydrogens is 384 g/mol. The Labute approximate surface area is 176 Å². The summed E-state index contributed by atoms with van der Waals surface area (Å²) in [6.07, 6.45) is 13.4. The minimum Gasteiger partial charge on any atom is -0.200 e. The highest BCUT2D eigenvalue weighted by Crippen LogP contribution is 2.18. The van der Waals surface area contributed by atoms with Crippen LogP contribution in [0.4, 0.5) is 0 Å². The minimum absolute atomic E-state index is 0.417. The number of aryl methyl sites for hydroxylation is 2.